The van der Waals surface area contributed by atoms with Crippen LogP contribution in [0.1, 0.15) is 24.3 Å². The molecule has 1 amide bonds. The molecule has 102 valence electrons. The van der Waals surface area contributed by atoms with Gasteiger partial charge in [0.1, 0.15) is 11.2 Å². The summed E-state index contributed by atoms with van der Waals surface area (Å²) in [6.07, 6.45) is 3.36. The molecule has 6 heteroatoms. The first-order valence-electron chi connectivity index (χ1n) is 6.37. The van der Waals surface area contributed by atoms with Gasteiger partial charge in [-0.25, -0.2) is 4.98 Å². The Hall–Kier alpha value is -1.87. The van der Waals surface area contributed by atoms with Crippen LogP contribution in [0.25, 0.3) is 0 Å². The summed E-state index contributed by atoms with van der Waals surface area (Å²) in [4.78, 5) is 20.2. The first-order chi connectivity index (χ1) is 8.94. The Kier molecular flexibility index (Phi) is 3.58. The van der Waals surface area contributed by atoms with Crippen molar-refractivity contribution < 1.29 is 4.79 Å². The molecular formula is C13H19N5O. The lowest BCUT2D eigenvalue weighted by molar-refractivity contribution is 0.0516. The zero-order valence-electron chi connectivity index (χ0n) is 11.6. The van der Waals surface area contributed by atoms with Gasteiger partial charge < -0.3 is 9.47 Å². The van der Waals surface area contributed by atoms with Gasteiger partial charge in [-0.1, -0.05) is 0 Å². The topological polar surface area (TPSA) is 65.2 Å². The fourth-order valence-corrected chi connectivity index (χ4v) is 2.22. The molecule has 0 aromatic carbocycles. The highest BCUT2D eigenvalue weighted by atomic mass is 16.2. The van der Waals surface area contributed by atoms with Crippen LogP contribution in [0.15, 0.2) is 12.5 Å². The molecule has 2 rings (SSSR count). The Morgan fingerprint density at radius 2 is 2.00 bits per heavy atom. The monoisotopic (exact) mass is 261 g/mol. The Balaban J connectivity index is 1.97. The fraction of sp³-hybridized carbons (Fsp3) is 0.615. The maximum atomic E-state index is 12.2. The Morgan fingerprint density at radius 3 is 2.47 bits per heavy atom. The molecule has 1 aromatic rings. The fourth-order valence-electron chi connectivity index (χ4n) is 2.22. The average Bonchev–Trinajstić information content (AvgIpc) is 2.85. The third-order valence-corrected chi connectivity index (χ3v) is 3.56. The first-order valence-corrected chi connectivity index (χ1v) is 6.37. The number of nitriles is 1. The van der Waals surface area contributed by atoms with E-state index in [1.807, 2.05) is 20.9 Å². The van der Waals surface area contributed by atoms with Crippen molar-refractivity contribution in [2.75, 3.05) is 26.2 Å². The SMILES string of the molecule is Cn1cnc(C(=O)N2CCN(C(C)(C)C#N)CC2)c1. The normalized spacial score (nSPS) is 17.3. The summed E-state index contributed by atoms with van der Waals surface area (Å²) in [5, 5.41) is 9.12. The zero-order chi connectivity index (χ0) is 14.0. The van der Waals surface area contributed by atoms with Gasteiger partial charge in [-0.3, -0.25) is 9.69 Å². The van der Waals surface area contributed by atoms with E-state index in [-0.39, 0.29) is 5.91 Å². The second-order valence-corrected chi connectivity index (χ2v) is 5.37. The van der Waals surface area contributed by atoms with Gasteiger partial charge in [0, 0.05) is 39.4 Å². The van der Waals surface area contributed by atoms with Crippen molar-refractivity contribution >= 4 is 5.91 Å². The van der Waals surface area contributed by atoms with Gasteiger partial charge in [-0.2, -0.15) is 5.26 Å². The Bertz CT molecular complexity index is 505. The smallest absolute Gasteiger partial charge is 0.274 e. The van der Waals surface area contributed by atoms with Crippen LogP contribution in [0.3, 0.4) is 0 Å². The molecule has 0 unspecified atom stereocenters. The van der Waals surface area contributed by atoms with Gasteiger partial charge in [0.15, 0.2) is 0 Å². The van der Waals surface area contributed by atoms with Gasteiger partial charge >= 0.3 is 0 Å². The second kappa shape index (κ2) is 5.02. The van der Waals surface area contributed by atoms with Gasteiger partial charge in [-0.15, -0.1) is 0 Å². The minimum Gasteiger partial charge on any atom is -0.340 e. The van der Waals surface area contributed by atoms with E-state index in [0.29, 0.717) is 18.8 Å². The third kappa shape index (κ3) is 2.76. The van der Waals surface area contributed by atoms with E-state index in [4.69, 9.17) is 5.26 Å². The molecule has 0 N–H and O–H groups in total. The van der Waals surface area contributed by atoms with Crippen molar-refractivity contribution in [1.82, 2.24) is 19.4 Å². The van der Waals surface area contributed by atoms with Crippen LogP contribution in [0, 0.1) is 11.3 Å². The lowest BCUT2D eigenvalue weighted by Crippen LogP contribution is -2.55. The predicted octanol–water partition coefficient (Wildman–Crippen LogP) is 0.480. The molecule has 1 saturated heterocycles. The van der Waals surface area contributed by atoms with Gasteiger partial charge in [0.25, 0.3) is 5.91 Å². The number of carbonyl (C=O) groups excluding carboxylic acids is 1. The van der Waals surface area contributed by atoms with Crippen LogP contribution in [-0.2, 0) is 7.05 Å². The third-order valence-electron chi connectivity index (χ3n) is 3.56. The van der Waals surface area contributed by atoms with Crippen LogP contribution in [0.4, 0.5) is 0 Å². The second-order valence-electron chi connectivity index (χ2n) is 5.37. The van der Waals surface area contributed by atoms with Crippen LogP contribution >= 0.6 is 0 Å². The highest BCUT2D eigenvalue weighted by Gasteiger charge is 2.31. The number of aryl methyl sites for hydroxylation is 1. The lowest BCUT2D eigenvalue weighted by atomic mass is 10.0. The zero-order valence-corrected chi connectivity index (χ0v) is 11.6. The van der Waals surface area contributed by atoms with Gasteiger partial charge in [0.05, 0.1) is 12.4 Å². The molecule has 1 aliphatic rings. The minimum atomic E-state index is -0.472. The summed E-state index contributed by atoms with van der Waals surface area (Å²) in [6.45, 7) is 6.53. The number of imidazole rings is 1. The van der Waals surface area contributed by atoms with E-state index in [0.717, 1.165) is 13.1 Å². The van der Waals surface area contributed by atoms with Crippen molar-refractivity contribution in [3.05, 3.63) is 18.2 Å². The molecule has 1 aromatic heterocycles. The molecule has 6 nitrogen and oxygen atoms in total. The summed E-state index contributed by atoms with van der Waals surface area (Å²) in [5.74, 6) is -0.0324. The molecule has 0 spiro atoms. The van der Waals surface area contributed by atoms with Crippen molar-refractivity contribution in [3.63, 3.8) is 0 Å². The minimum absolute atomic E-state index is 0.0324. The first kappa shape index (κ1) is 13.6. The molecule has 0 bridgehead atoms. The lowest BCUT2D eigenvalue weighted by Gasteiger charge is -2.40. The number of hydrogen-bond donors (Lipinski definition) is 0. The van der Waals surface area contributed by atoms with E-state index in [2.05, 4.69) is 16.0 Å². The van der Waals surface area contributed by atoms with Crippen LogP contribution in [0.2, 0.25) is 0 Å². The standard InChI is InChI=1S/C13H19N5O/c1-13(2,9-14)18-6-4-17(5-7-18)12(19)11-8-16(3)10-15-11/h8,10H,4-7H2,1-3H3. The van der Waals surface area contributed by atoms with E-state index in [1.165, 1.54) is 0 Å². The maximum Gasteiger partial charge on any atom is 0.274 e. The van der Waals surface area contributed by atoms with Gasteiger partial charge in [0.2, 0.25) is 0 Å². The molecule has 19 heavy (non-hydrogen) atoms. The molecule has 1 aliphatic heterocycles. The number of nitrogens with zero attached hydrogens (tertiary/aromatic N) is 5. The largest absolute Gasteiger partial charge is 0.340 e. The summed E-state index contributed by atoms with van der Waals surface area (Å²) in [7, 11) is 1.84. The van der Waals surface area contributed by atoms with Crippen LogP contribution < -0.4 is 0 Å². The van der Waals surface area contributed by atoms with Crippen molar-refractivity contribution in [2.45, 2.75) is 19.4 Å². The van der Waals surface area contributed by atoms with E-state index in [9.17, 15) is 4.79 Å². The number of rotatable bonds is 2. The molecule has 1 fully saturated rings. The summed E-state index contributed by atoms with van der Waals surface area (Å²) in [5.41, 5.74) is 0.00985. The molecule has 0 saturated carbocycles. The van der Waals surface area contributed by atoms with Gasteiger partial charge in [-0.05, 0) is 13.8 Å². The Labute approximate surface area is 113 Å². The quantitative estimate of drug-likeness (QED) is 0.776. The summed E-state index contributed by atoms with van der Waals surface area (Å²) < 4.78 is 1.77. The predicted molar refractivity (Wildman–Crippen MR) is 70.4 cm³/mol. The van der Waals surface area contributed by atoms with Crippen LogP contribution in [-0.4, -0.2) is 57.0 Å². The molecule has 0 radical (unpaired) electrons. The molecular weight excluding hydrogens is 242 g/mol. The number of carbonyl (C=O) groups is 1. The summed E-state index contributed by atoms with van der Waals surface area (Å²) >= 11 is 0. The highest BCUT2D eigenvalue weighted by Crippen LogP contribution is 2.16. The van der Waals surface area contributed by atoms with Crippen molar-refractivity contribution in [1.29, 1.82) is 5.26 Å². The molecule has 0 aliphatic carbocycles. The molecule has 2 heterocycles. The summed E-state index contributed by atoms with van der Waals surface area (Å²) in [6, 6.07) is 2.30. The van der Waals surface area contributed by atoms with Crippen molar-refractivity contribution in [2.24, 2.45) is 7.05 Å². The number of aromatic nitrogens is 2. The van der Waals surface area contributed by atoms with E-state index >= 15 is 0 Å². The number of piperazine rings is 1. The average molecular weight is 261 g/mol. The van der Waals surface area contributed by atoms with Crippen LogP contribution in [0.5, 0.6) is 0 Å². The highest BCUT2D eigenvalue weighted by molar-refractivity contribution is 5.92. The van der Waals surface area contributed by atoms with E-state index < -0.39 is 5.54 Å². The number of hydrogen-bond acceptors (Lipinski definition) is 4. The molecule has 0 atom stereocenters. The Morgan fingerprint density at radius 1 is 1.37 bits per heavy atom. The number of amides is 1. The maximum absolute atomic E-state index is 12.2. The van der Waals surface area contributed by atoms with Crippen molar-refractivity contribution in [3.8, 4) is 6.07 Å². The van der Waals surface area contributed by atoms with E-state index in [1.54, 1.807) is 22.0 Å².